The second-order valence-corrected chi connectivity index (χ2v) is 9.84. The molecule has 26 heavy (non-hydrogen) atoms. The Kier molecular flexibility index (Phi) is 7.12. The molecule has 152 valence electrons. The fraction of sp³-hybridized carbons (Fsp3) is 0.909. The van der Waals surface area contributed by atoms with E-state index in [1.54, 1.807) is 0 Å². The summed E-state index contributed by atoms with van der Waals surface area (Å²) in [5, 5.41) is 0. The van der Waals surface area contributed by atoms with Crippen molar-refractivity contribution in [3.05, 3.63) is 0 Å². The summed E-state index contributed by atoms with van der Waals surface area (Å²) in [6, 6.07) is 0. The lowest BCUT2D eigenvalue weighted by Gasteiger charge is -2.43. The Labute approximate surface area is 160 Å². The Bertz CT molecular complexity index is 518. The third-order valence-corrected chi connectivity index (χ3v) is 7.18. The molecule has 1 saturated carbocycles. The summed E-state index contributed by atoms with van der Waals surface area (Å²) >= 11 is 0. The largest absolute Gasteiger partial charge is 0.463 e. The van der Waals surface area contributed by atoms with E-state index in [4.69, 9.17) is 9.47 Å². The first-order valence-electron chi connectivity index (χ1n) is 10.1. The van der Waals surface area contributed by atoms with Crippen molar-refractivity contribution in [2.24, 2.45) is 22.2 Å². The minimum atomic E-state index is -0.503. The van der Waals surface area contributed by atoms with Crippen LogP contribution in [0.25, 0.3) is 0 Å². The molecule has 4 nitrogen and oxygen atoms in total. The van der Waals surface area contributed by atoms with Crippen molar-refractivity contribution in [2.75, 3.05) is 13.2 Å². The number of carbonyl (C=O) groups excluding carboxylic acids is 2. The van der Waals surface area contributed by atoms with Gasteiger partial charge >= 0.3 is 5.97 Å². The van der Waals surface area contributed by atoms with Crippen molar-refractivity contribution in [2.45, 2.75) is 93.6 Å². The lowest BCUT2D eigenvalue weighted by atomic mass is 9.58. The Hall–Kier alpha value is -0.900. The Morgan fingerprint density at radius 1 is 1.00 bits per heavy atom. The summed E-state index contributed by atoms with van der Waals surface area (Å²) < 4.78 is 11.3. The van der Waals surface area contributed by atoms with Crippen LogP contribution in [0, 0.1) is 22.2 Å². The average molecular weight is 369 g/mol. The zero-order valence-electron chi connectivity index (χ0n) is 18.5. The van der Waals surface area contributed by atoms with E-state index in [0.29, 0.717) is 13.0 Å². The molecule has 1 aliphatic rings. The second kappa shape index (κ2) is 8.00. The maximum absolute atomic E-state index is 13.2. The van der Waals surface area contributed by atoms with Crippen molar-refractivity contribution in [1.29, 1.82) is 0 Å². The van der Waals surface area contributed by atoms with Crippen LogP contribution in [0.1, 0.15) is 88.0 Å². The van der Waals surface area contributed by atoms with E-state index in [-0.39, 0.29) is 35.3 Å². The van der Waals surface area contributed by atoms with Gasteiger partial charge in [0, 0.05) is 10.8 Å². The molecule has 0 amide bonds. The van der Waals surface area contributed by atoms with Crippen LogP contribution in [-0.4, -0.2) is 30.6 Å². The Morgan fingerprint density at radius 3 is 2.08 bits per heavy atom. The third kappa shape index (κ3) is 4.49. The molecular weight excluding hydrogens is 328 g/mol. The van der Waals surface area contributed by atoms with Crippen LogP contribution < -0.4 is 0 Å². The normalized spacial score (nSPS) is 26.0. The summed E-state index contributed by atoms with van der Waals surface area (Å²) in [5.74, 6) is -0.178. The van der Waals surface area contributed by atoms with Gasteiger partial charge in [0.15, 0.2) is 0 Å². The zero-order valence-corrected chi connectivity index (χ0v) is 18.5. The molecule has 0 aromatic heterocycles. The number of hydrogen-bond donors (Lipinski definition) is 0. The molecule has 4 heteroatoms. The number of ether oxygens (including phenoxy) is 2. The van der Waals surface area contributed by atoms with E-state index in [1.807, 2.05) is 55.4 Å². The molecule has 1 fully saturated rings. The van der Waals surface area contributed by atoms with Crippen LogP contribution in [0.5, 0.6) is 0 Å². The van der Waals surface area contributed by atoms with E-state index in [2.05, 4.69) is 6.92 Å². The fourth-order valence-electron chi connectivity index (χ4n) is 3.89. The van der Waals surface area contributed by atoms with Gasteiger partial charge in [-0.25, -0.2) is 0 Å². The van der Waals surface area contributed by atoms with Crippen molar-refractivity contribution in [3.63, 3.8) is 0 Å². The first-order chi connectivity index (χ1) is 11.7. The van der Waals surface area contributed by atoms with E-state index >= 15 is 0 Å². The third-order valence-electron chi connectivity index (χ3n) is 7.18. The molecule has 1 aliphatic carbocycles. The summed E-state index contributed by atoms with van der Waals surface area (Å²) in [6.07, 6.45) is 3.15. The average Bonchev–Trinajstić information content (AvgIpc) is 2.81. The van der Waals surface area contributed by atoms with Gasteiger partial charge in [-0.05, 0) is 44.9 Å². The molecule has 2 unspecified atom stereocenters. The minimum absolute atomic E-state index is 0.196. The number of ketones is 1. The molecule has 1 rings (SSSR count). The van der Waals surface area contributed by atoms with Crippen molar-refractivity contribution >= 4 is 11.8 Å². The SMILES string of the molecule is CCC(C)(C)OCCOC(=O)C1CCC(C)(C(=O)C(C)(C)CC)C1(C)C. The van der Waals surface area contributed by atoms with Crippen LogP contribution in [0.4, 0.5) is 0 Å². The number of Topliss-reactive ketones (excluding diaryl/α,β-unsaturated/α-hetero) is 1. The van der Waals surface area contributed by atoms with Crippen LogP contribution in [-0.2, 0) is 19.1 Å². The van der Waals surface area contributed by atoms with Crippen molar-refractivity contribution in [1.82, 2.24) is 0 Å². The Morgan fingerprint density at radius 2 is 1.58 bits per heavy atom. The maximum Gasteiger partial charge on any atom is 0.309 e. The lowest BCUT2D eigenvalue weighted by molar-refractivity contribution is -0.158. The lowest BCUT2D eigenvalue weighted by Crippen LogP contribution is -2.48. The first-order valence-corrected chi connectivity index (χ1v) is 10.1. The van der Waals surface area contributed by atoms with Gasteiger partial charge in [0.05, 0.1) is 18.1 Å². The van der Waals surface area contributed by atoms with E-state index in [0.717, 1.165) is 19.3 Å². The fourth-order valence-corrected chi connectivity index (χ4v) is 3.89. The van der Waals surface area contributed by atoms with Crippen LogP contribution in [0.3, 0.4) is 0 Å². The minimum Gasteiger partial charge on any atom is -0.463 e. The molecule has 0 heterocycles. The number of rotatable bonds is 9. The molecule has 0 aromatic carbocycles. The Balaban J connectivity index is 2.75. The quantitative estimate of drug-likeness (QED) is 0.415. The highest BCUT2D eigenvalue weighted by Crippen LogP contribution is 2.59. The predicted octanol–water partition coefficient (Wildman–Crippen LogP) is 5.18. The van der Waals surface area contributed by atoms with Crippen LogP contribution in [0.2, 0.25) is 0 Å². The van der Waals surface area contributed by atoms with Gasteiger partial charge in [-0.3, -0.25) is 9.59 Å². The highest BCUT2D eigenvalue weighted by Gasteiger charge is 2.60. The topological polar surface area (TPSA) is 52.6 Å². The van der Waals surface area contributed by atoms with Crippen LogP contribution in [0.15, 0.2) is 0 Å². The number of carbonyl (C=O) groups is 2. The second-order valence-electron chi connectivity index (χ2n) is 9.84. The van der Waals surface area contributed by atoms with E-state index in [9.17, 15) is 9.59 Å². The maximum atomic E-state index is 13.2. The molecule has 2 atom stereocenters. The molecule has 0 N–H and O–H groups in total. The molecule has 0 aliphatic heterocycles. The van der Waals surface area contributed by atoms with Gasteiger partial charge in [0.2, 0.25) is 0 Å². The molecule has 0 bridgehead atoms. The summed E-state index contributed by atoms with van der Waals surface area (Å²) in [7, 11) is 0. The van der Waals surface area contributed by atoms with Crippen molar-refractivity contribution in [3.8, 4) is 0 Å². The van der Waals surface area contributed by atoms with Crippen LogP contribution >= 0.6 is 0 Å². The molecule has 0 aromatic rings. The van der Waals surface area contributed by atoms with Gasteiger partial charge in [-0.2, -0.15) is 0 Å². The molecule has 0 spiro atoms. The standard InChI is InChI=1S/C22H40O4/c1-10-19(3,4)18(24)22(9)13-12-16(21(22,7)8)17(23)25-14-15-26-20(5,6)11-2/h16H,10-15H2,1-9H3. The zero-order chi connectivity index (χ0) is 20.4. The molecular formula is C22H40O4. The van der Waals surface area contributed by atoms with E-state index < -0.39 is 10.8 Å². The predicted molar refractivity (Wildman–Crippen MR) is 105 cm³/mol. The summed E-state index contributed by atoms with van der Waals surface area (Å²) in [4.78, 5) is 25.9. The first kappa shape index (κ1) is 23.1. The number of esters is 1. The van der Waals surface area contributed by atoms with Gasteiger partial charge in [-0.1, -0.05) is 48.5 Å². The monoisotopic (exact) mass is 368 g/mol. The molecule has 0 radical (unpaired) electrons. The smallest absolute Gasteiger partial charge is 0.309 e. The van der Waals surface area contributed by atoms with Crippen molar-refractivity contribution < 1.29 is 19.1 Å². The molecule has 0 saturated heterocycles. The highest BCUT2D eigenvalue weighted by atomic mass is 16.6. The van der Waals surface area contributed by atoms with E-state index in [1.165, 1.54) is 0 Å². The summed E-state index contributed by atoms with van der Waals surface area (Å²) in [6.45, 7) is 19.0. The number of hydrogen-bond acceptors (Lipinski definition) is 4. The highest BCUT2D eigenvalue weighted by molar-refractivity contribution is 5.91. The summed E-state index contributed by atoms with van der Waals surface area (Å²) in [5.41, 5.74) is -1.49. The van der Waals surface area contributed by atoms with Gasteiger partial charge in [-0.15, -0.1) is 0 Å². The van der Waals surface area contributed by atoms with Gasteiger partial charge < -0.3 is 9.47 Å². The van der Waals surface area contributed by atoms with Gasteiger partial charge in [0.1, 0.15) is 12.4 Å². The van der Waals surface area contributed by atoms with Gasteiger partial charge in [0.25, 0.3) is 0 Å².